The van der Waals surface area contributed by atoms with Gasteiger partial charge in [-0.2, -0.15) is 0 Å². The van der Waals surface area contributed by atoms with Gasteiger partial charge >= 0.3 is 7.82 Å². The number of anilines is 1. The Morgan fingerprint density at radius 1 is 1.32 bits per heavy atom. The first kappa shape index (κ1) is 19.4. The number of carbonyl (C=O) groups is 1. The van der Waals surface area contributed by atoms with Crippen LogP contribution in [0, 0.1) is 0 Å². The van der Waals surface area contributed by atoms with Crippen molar-refractivity contribution in [1.82, 2.24) is 9.88 Å². The van der Waals surface area contributed by atoms with Crippen LogP contribution in [-0.2, 0) is 9.36 Å². The van der Waals surface area contributed by atoms with E-state index in [9.17, 15) is 4.79 Å². The lowest BCUT2D eigenvalue weighted by Gasteiger charge is -2.24. The summed E-state index contributed by atoms with van der Waals surface area (Å²) in [6.45, 7) is 5.45. The van der Waals surface area contributed by atoms with Crippen LogP contribution >= 0.6 is 7.82 Å². The van der Waals surface area contributed by atoms with Gasteiger partial charge < -0.3 is 25.0 Å². The number of likely N-dealkylation sites (N-methyl/N-ethyl adjacent to an activating group) is 1. The van der Waals surface area contributed by atoms with Crippen molar-refractivity contribution in [3.8, 4) is 0 Å². The first-order valence-electron chi connectivity index (χ1n) is 7.83. The molecular formula is C16H22N3O5P. The number of H-pyrrole nitrogens is 1. The number of aromatic amines is 1. The molecule has 0 unspecified atom stereocenters. The van der Waals surface area contributed by atoms with Gasteiger partial charge in [0.25, 0.3) is 0 Å². The van der Waals surface area contributed by atoms with Gasteiger partial charge in [0.2, 0.25) is 6.41 Å². The second-order valence-electron chi connectivity index (χ2n) is 5.63. The van der Waals surface area contributed by atoms with E-state index in [-0.39, 0.29) is 0 Å². The number of benzene rings is 1. The molecule has 25 heavy (non-hydrogen) atoms. The number of phosphoric acid groups is 1. The molecular weight excluding hydrogens is 345 g/mol. The average Bonchev–Trinajstić information content (AvgIpc) is 2.97. The second kappa shape index (κ2) is 8.42. The highest BCUT2D eigenvalue weighted by Gasteiger charge is 2.13. The molecule has 1 aliphatic heterocycles. The summed E-state index contributed by atoms with van der Waals surface area (Å²) in [6, 6.07) is 8.10. The Kier molecular flexibility index (Phi) is 6.52. The van der Waals surface area contributed by atoms with Crippen molar-refractivity contribution in [2.75, 3.05) is 25.0 Å². The number of rotatable bonds is 4. The maximum absolute atomic E-state index is 10.5. The monoisotopic (exact) mass is 367 g/mol. The Morgan fingerprint density at radius 2 is 2.04 bits per heavy atom. The third kappa shape index (κ3) is 6.12. The summed E-state index contributed by atoms with van der Waals surface area (Å²) >= 11 is 0. The molecule has 1 amide bonds. The predicted octanol–water partition coefficient (Wildman–Crippen LogP) is 1.92. The number of nitrogens with one attached hydrogen (secondary N) is 2. The van der Waals surface area contributed by atoms with Crippen LogP contribution in [0.2, 0.25) is 0 Å². The third-order valence-electron chi connectivity index (χ3n) is 3.93. The fraction of sp³-hybridized carbons (Fsp3) is 0.312. The van der Waals surface area contributed by atoms with Gasteiger partial charge in [0.05, 0.1) is 0 Å². The molecule has 1 aromatic heterocycles. The van der Waals surface area contributed by atoms with Crippen molar-refractivity contribution in [1.29, 1.82) is 0 Å². The second-order valence-corrected chi connectivity index (χ2v) is 6.66. The quantitative estimate of drug-likeness (QED) is 0.415. The molecule has 2 aromatic rings. The van der Waals surface area contributed by atoms with E-state index in [0.29, 0.717) is 6.41 Å². The molecule has 0 bridgehead atoms. The van der Waals surface area contributed by atoms with Gasteiger partial charge in [-0.25, -0.2) is 4.57 Å². The molecule has 0 aliphatic carbocycles. The minimum atomic E-state index is -4.64. The number of fused-ring (bicyclic) bond motifs is 1. The Hall–Kier alpha value is -1.96. The van der Waals surface area contributed by atoms with Crippen LogP contribution in [0.15, 0.2) is 30.3 Å². The number of nitrogens with zero attached hydrogens (tertiary/aromatic N) is 1. The Bertz CT molecular complexity index is 803. The molecule has 0 fully saturated rings. The van der Waals surface area contributed by atoms with E-state index in [1.54, 1.807) is 0 Å². The Morgan fingerprint density at radius 3 is 2.60 bits per heavy atom. The Labute approximate surface area is 145 Å². The highest BCUT2D eigenvalue weighted by molar-refractivity contribution is 7.45. The molecule has 0 spiro atoms. The topological polar surface area (TPSA) is 126 Å². The summed E-state index contributed by atoms with van der Waals surface area (Å²) in [5.41, 5.74) is 4.45. The summed E-state index contributed by atoms with van der Waals surface area (Å²) in [7, 11) is -4.64. The predicted molar refractivity (Wildman–Crippen MR) is 97.0 cm³/mol. The number of hydrogen-bond acceptors (Lipinski definition) is 3. The molecule has 0 radical (unpaired) electrons. The lowest BCUT2D eigenvalue weighted by molar-refractivity contribution is -0.105. The first-order chi connectivity index (χ1) is 11.8. The van der Waals surface area contributed by atoms with Crippen LogP contribution in [0.3, 0.4) is 0 Å². The lowest BCUT2D eigenvalue weighted by atomic mass is 10.0. The fourth-order valence-electron chi connectivity index (χ4n) is 2.70. The van der Waals surface area contributed by atoms with Crippen LogP contribution in [0.4, 0.5) is 5.69 Å². The van der Waals surface area contributed by atoms with Crippen molar-refractivity contribution in [3.05, 3.63) is 36.0 Å². The smallest absolute Gasteiger partial charge is 0.355 e. The van der Waals surface area contributed by atoms with Gasteiger partial charge in [-0.05, 0) is 36.7 Å². The Balaban J connectivity index is 0.000000399. The molecule has 8 nitrogen and oxygen atoms in total. The maximum Gasteiger partial charge on any atom is 0.466 e. The first-order valence-corrected chi connectivity index (χ1v) is 9.39. The number of amides is 1. The van der Waals surface area contributed by atoms with Crippen molar-refractivity contribution in [3.63, 3.8) is 0 Å². The van der Waals surface area contributed by atoms with E-state index in [4.69, 9.17) is 19.2 Å². The van der Waals surface area contributed by atoms with Gasteiger partial charge in [-0.3, -0.25) is 9.69 Å². The zero-order valence-corrected chi connectivity index (χ0v) is 14.7. The van der Waals surface area contributed by atoms with Crippen LogP contribution in [-0.4, -0.2) is 50.6 Å². The van der Waals surface area contributed by atoms with Crippen LogP contribution in [0.5, 0.6) is 0 Å². The van der Waals surface area contributed by atoms with Crippen molar-refractivity contribution >= 4 is 36.4 Å². The fourth-order valence-corrected chi connectivity index (χ4v) is 2.70. The summed E-state index contributed by atoms with van der Waals surface area (Å²) < 4.78 is 8.88. The van der Waals surface area contributed by atoms with Gasteiger partial charge in [-0.15, -0.1) is 0 Å². The average molecular weight is 367 g/mol. The molecule has 5 N–H and O–H groups in total. The van der Waals surface area contributed by atoms with Gasteiger partial charge in [0.1, 0.15) is 0 Å². The van der Waals surface area contributed by atoms with Crippen LogP contribution in [0.25, 0.3) is 16.5 Å². The minimum Gasteiger partial charge on any atom is -0.355 e. The van der Waals surface area contributed by atoms with Crippen LogP contribution < -0.4 is 5.32 Å². The van der Waals surface area contributed by atoms with Gasteiger partial charge in [0, 0.05) is 35.4 Å². The van der Waals surface area contributed by atoms with E-state index >= 15 is 0 Å². The van der Waals surface area contributed by atoms with E-state index in [1.165, 1.54) is 16.7 Å². The highest BCUT2D eigenvalue weighted by Crippen LogP contribution is 2.27. The lowest BCUT2D eigenvalue weighted by Crippen LogP contribution is -2.28. The van der Waals surface area contributed by atoms with Crippen molar-refractivity contribution < 1.29 is 24.0 Å². The zero-order valence-electron chi connectivity index (χ0n) is 13.8. The SMILES string of the molecule is CCN1CC=C(c2cc3ccc(NC=O)cc3[nH]2)CC1.O=P(O)(O)O. The van der Waals surface area contributed by atoms with E-state index < -0.39 is 7.82 Å². The summed E-state index contributed by atoms with van der Waals surface area (Å²) in [5.74, 6) is 0. The van der Waals surface area contributed by atoms with Gasteiger partial charge in [-0.1, -0.05) is 19.1 Å². The molecule has 0 saturated carbocycles. The molecule has 0 saturated heterocycles. The largest absolute Gasteiger partial charge is 0.466 e. The third-order valence-corrected chi connectivity index (χ3v) is 3.93. The summed E-state index contributed by atoms with van der Waals surface area (Å²) in [5, 5.41) is 3.86. The molecule has 1 aromatic carbocycles. The van der Waals surface area contributed by atoms with E-state index in [0.717, 1.165) is 37.3 Å². The molecule has 2 heterocycles. The van der Waals surface area contributed by atoms with Crippen LogP contribution in [0.1, 0.15) is 19.0 Å². The normalized spacial score (nSPS) is 15.3. The van der Waals surface area contributed by atoms with E-state index in [2.05, 4.69) is 34.3 Å². The molecule has 3 rings (SSSR count). The van der Waals surface area contributed by atoms with Crippen molar-refractivity contribution in [2.45, 2.75) is 13.3 Å². The zero-order chi connectivity index (χ0) is 18.4. The minimum absolute atomic E-state index is 0.702. The number of hydrogen-bond donors (Lipinski definition) is 5. The molecule has 0 atom stereocenters. The number of carbonyl (C=O) groups excluding carboxylic acids is 1. The van der Waals surface area contributed by atoms with E-state index in [1.807, 2.05) is 18.2 Å². The standard InChI is InChI=1S/C16H19N3O.H3O4P/c1-2-19-7-5-12(6-8-19)15-9-13-3-4-14(17-11-20)10-16(13)18-15;1-5(2,3)4/h3-5,9-11,18H,2,6-8H2,1H3,(H,17,20);(H3,1,2,3,4). The summed E-state index contributed by atoms with van der Waals surface area (Å²) in [4.78, 5) is 37.9. The summed E-state index contributed by atoms with van der Waals surface area (Å²) in [6.07, 6.45) is 4.09. The molecule has 9 heteroatoms. The maximum atomic E-state index is 10.5. The molecule has 136 valence electrons. The molecule has 1 aliphatic rings. The van der Waals surface area contributed by atoms with Gasteiger partial charge in [0.15, 0.2) is 0 Å². The highest BCUT2D eigenvalue weighted by atomic mass is 31.2. The van der Waals surface area contributed by atoms with Crippen molar-refractivity contribution in [2.24, 2.45) is 0 Å². The number of aromatic nitrogens is 1.